The molecule has 3 rings (SSSR count). The minimum atomic E-state index is -0.935. The summed E-state index contributed by atoms with van der Waals surface area (Å²) >= 11 is 12.6. The summed E-state index contributed by atoms with van der Waals surface area (Å²) in [4.78, 5) is 25.4. The van der Waals surface area contributed by atoms with Gasteiger partial charge in [-0.15, -0.1) is 0 Å². The largest absolute Gasteiger partial charge is 0.492 e. The number of carboxylic acid groups (broad SMARTS) is 1. The molecular formula is C19H14ClNO4S2. The van der Waals surface area contributed by atoms with Gasteiger partial charge in [-0.05, 0) is 30.3 Å². The zero-order valence-corrected chi connectivity index (χ0v) is 16.3. The number of carbonyl (C=O) groups excluding carboxylic acids is 1. The summed E-state index contributed by atoms with van der Waals surface area (Å²) in [5.41, 5.74) is 1.29. The van der Waals surface area contributed by atoms with Crippen LogP contribution >= 0.6 is 35.6 Å². The number of hydrogen-bond donors (Lipinski definition) is 1. The molecule has 1 fully saturated rings. The highest BCUT2D eigenvalue weighted by Crippen LogP contribution is 2.37. The number of thiocarbonyl (C=S) groups is 1. The molecular weight excluding hydrogens is 406 g/mol. The summed E-state index contributed by atoms with van der Waals surface area (Å²) in [6.45, 7) is 0.0453. The zero-order valence-electron chi connectivity index (χ0n) is 13.9. The minimum absolute atomic E-state index is 0.0453. The molecule has 1 aliphatic rings. The van der Waals surface area contributed by atoms with Crippen molar-refractivity contribution in [3.8, 4) is 5.75 Å². The maximum Gasteiger partial charge on any atom is 0.306 e. The van der Waals surface area contributed by atoms with Gasteiger partial charge in [0.15, 0.2) is 4.32 Å². The van der Waals surface area contributed by atoms with Crippen LogP contribution in [0, 0.1) is 0 Å². The highest BCUT2D eigenvalue weighted by atomic mass is 35.5. The summed E-state index contributed by atoms with van der Waals surface area (Å²) in [5.74, 6) is -0.672. The van der Waals surface area contributed by atoms with Gasteiger partial charge in [-0.2, -0.15) is 0 Å². The fourth-order valence-electron chi connectivity index (χ4n) is 2.43. The van der Waals surface area contributed by atoms with E-state index in [2.05, 4.69) is 0 Å². The van der Waals surface area contributed by atoms with Crippen LogP contribution in [0.1, 0.15) is 12.0 Å². The van der Waals surface area contributed by atoms with Crippen molar-refractivity contribution in [1.29, 1.82) is 0 Å². The SMILES string of the molecule is O=C(O)CCOc1ccccc1/C=C1/SC(=S)N(c2cccc(Cl)c2)C1=O. The fourth-order valence-corrected chi connectivity index (χ4v) is 3.90. The van der Waals surface area contributed by atoms with Crippen molar-refractivity contribution in [2.75, 3.05) is 11.5 Å². The summed E-state index contributed by atoms with van der Waals surface area (Å²) in [5, 5.41) is 9.26. The van der Waals surface area contributed by atoms with Crippen LogP contribution in [0.5, 0.6) is 5.75 Å². The number of hydrogen-bond acceptors (Lipinski definition) is 5. The molecule has 27 heavy (non-hydrogen) atoms. The Morgan fingerprint density at radius 1 is 1.26 bits per heavy atom. The molecule has 1 heterocycles. The quantitative estimate of drug-likeness (QED) is 0.545. The summed E-state index contributed by atoms with van der Waals surface area (Å²) in [6.07, 6.45) is 1.59. The molecule has 1 saturated heterocycles. The molecule has 0 bridgehead atoms. The van der Waals surface area contributed by atoms with E-state index in [0.717, 1.165) is 0 Å². The third-order valence-corrected chi connectivity index (χ3v) is 5.18. The normalized spacial score (nSPS) is 15.4. The van der Waals surface area contributed by atoms with Crippen LogP contribution in [-0.2, 0) is 9.59 Å². The number of para-hydroxylation sites is 1. The minimum Gasteiger partial charge on any atom is -0.492 e. The lowest BCUT2D eigenvalue weighted by Gasteiger charge is -2.14. The number of amides is 1. The van der Waals surface area contributed by atoms with Crippen LogP contribution in [-0.4, -0.2) is 27.9 Å². The van der Waals surface area contributed by atoms with Gasteiger partial charge in [-0.1, -0.05) is 59.8 Å². The zero-order chi connectivity index (χ0) is 19.4. The van der Waals surface area contributed by atoms with Gasteiger partial charge in [0.25, 0.3) is 5.91 Å². The Labute approximate surface area is 170 Å². The maximum absolute atomic E-state index is 12.8. The maximum atomic E-state index is 12.8. The number of anilines is 1. The molecule has 0 aromatic heterocycles. The monoisotopic (exact) mass is 419 g/mol. The van der Waals surface area contributed by atoms with Crippen molar-refractivity contribution < 1.29 is 19.4 Å². The Morgan fingerprint density at radius 3 is 2.78 bits per heavy atom. The van der Waals surface area contributed by atoms with Crippen LogP contribution in [0.3, 0.4) is 0 Å². The Kier molecular flexibility index (Phi) is 6.15. The Morgan fingerprint density at radius 2 is 2.04 bits per heavy atom. The second-order valence-corrected chi connectivity index (χ2v) is 7.64. The van der Waals surface area contributed by atoms with Crippen LogP contribution < -0.4 is 9.64 Å². The lowest BCUT2D eigenvalue weighted by molar-refractivity contribution is -0.137. The summed E-state index contributed by atoms with van der Waals surface area (Å²) < 4.78 is 5.95. The number of rotatable bonds is 6. The molecule has 0 aliphatic carbocycles. The smallest absolute Gasteiger partial charge is 0.306 e. The predicted molar refractivity (Wildman–Crippen MR) is 111 cm³/mol. The van der Waals surface area contributed by atoms with Crippen molar-refractivity contribution >= 4 is 63.5 Å². The van der Waals surface area contributed by atoms with E-state index in [0.29, 0.717) is 31.2 Å². The number of benzene rings is 2. The van der Waals surface area contributed by atoms with Crippen LogP contribution in [0.15, 0.2) is 53.4 Å². The van der Waals surface area contributed by atoms with E-state index < -0.39 is 5.97 Å². The molecule has 0 spiro atoms. The molecule has 8 heteroatoms. The first-order chi connectivity index (χ1) is 13.0. The molecule has 138 valence electrons. The molecule has 0 saturated carbocycles. The first-order valence-electron chi connectivity index (χ1n) is 7.93. The first kappa shape index (κ1) is 19.4. The number of halogens is 1. The second kappa shape index (κ2) is 8.56. The molecule has 2 aromatic rings. The van der Waals surface area contributed by atoms with Crippen molar-refractivity contribution in [2.45, 2.75) is 6.42 Å². The van der Waals surface area contributed by atoms with Gasteiger partial charge in [0.1, 0.15) is 5.75 Å². The van der Waals surface area contributed by atoms with Gasteiger partial charge >= 0.3 is 5.97 Å². The van der Waals surface area contributed by atoms with Gasteiger partial charge in [-0.25, -0.2) is 0 Å². The van der Waals surface area contributed by atoms with Gasteiger partial charge < -0.3 is 9.84 Å². The summed E-state index contributed by atoms with van der Waals surface area (Å²) in [6, 6.07) is 14.0. The standard InChI is InChI=1S/C19H14ClNO4S2/c20-13-5-3-6-14(11-13)21-18(24)16(27-19(21)26)10-12-4-1-2-7-15(12)25-9-8-17(22)23/h1-7,10-11H,8-9H2,(H,22,23)/b16-10+. The molecule has 1 amide bonds. The van der Waals surface area contributed by atoms with E-state index in [4.69, 9.17) is 33.7 Å². The topological polar surface area (TPSA) is 66.8 Å². The number of carboxylic acids is 1. The van der Waals surface area contributed by atoms with E-state index >= 15 is 0 Å². The molecule has 0 atom stereocenters. The van der Waals surface area contributed by atoms with Gasteiger partial charge in [0.05, 0.1) is 23.6 Å². The van der Waals surface area contributed by atoms with E-state index in [1.54, 1.807) is 48.5 Å². The van der Waals surface area contributed by atoms with Crippen LogP contribution in [0.4, 0.5) is 5.69 Å². The number of nitrogens with zero attached hydrogens (tertiary/aromatic N) is 1. The first-order valence-corrected chi connectivity index (χ1v) is 9.53. The number of aliphatic carboxylic acids is 1. The lowest BCUT2D eigenvalue weighted by Crippen LogP contribution is -2.27. The summed E-state index contributed by atoms with van der Waals surface area (Å²) in [7, 11) is 0. The Balaban J connectivity index is 1.85. The molecule has 1 aliphatic heterocycles. The highest BCUT2D eigenvalue weighted by molar-refractivity contribution is 8.27. The van der Waals surface area contributed by atoms with Crippen molar-refractivity contribution in [3.63, 3.8) is 0 Å². The van der Waals surface area contributed by atoms with Crippen LogP contribution in [0.25, 0.3) is 6.08 Å². The molecule has 1 N–H and O–H groups in total. The lowest BCUT2D eigenvalue weighted by atomic mass is 10.2. The Bertz CT molecular complexity index is 945. The second-order valence-electron chi connectivity index (χ2n) is 5.53. The van der Waals surface area contributed by atoms with Crippen molar-refractivity contribution in [3.05, 3.63) is 64.0 Å². The number of carbonyl (C=O) groups is 2. The van der Waals surface area contributed by atoms with Gasteiger partial charge in [-0.3, -0.25) is 14.5 Å². The highest BCUT2D eigenvalue weighted by Gasteiger charge is 2.33. The molecule has 0 unspecified atom stereocenters. The predicted octanol–water partition coefficient (Wildman–Crippen LogP) is 4.60. The number of ether oxygens (including phenoxy) is 1. The van der Waals surface area contributed by atoms with Gasteiger partial charge in [0, 0.05) is 10.6 Å². The third kappa shape index (κ3) is 4.68. The molecule has 2 aromatic carbocycles. The average molecular weight is 420 g/mol. The van der Waals surface area contributed by atoms with E-state index in [1.165, 1.54) is 16.7 Å². The Hall–Kier alpha value is -2.35. The van der Waals surface area contributed by atoms with E-state index in [1.807, 2.05) is 6.07 Å². The van der Waals surface area contributed by atoms with E-state index in [9.17, 15) is 9.59 Å². The molecule has 5 nitrogen and oxygen atoms in total. The number of thioether (sulfide) groups is 1. The third-order valence-electron chi connectivity index (χ3n) is 3.64. The van der Waals surface area contributed by atoms with Crippen molar-refractivity contribution in [1.82, 2.24) is 0 Å². The van der Waals surface area contributed by atoms with E-state index in [-0.39, 0.29) is 18.9 Å². The average Bonchev–Trinajstić information content (AvgIpc) is 2.89. The van der Waals surface area contributed by atoms with Crippen molar-refractivity contribution in [2.24, 2.45) is 0 Å². The fraction of sp³-hybridized carbons (Fsp3) is 0.105. The van der Waals surface area contributed by atoms with Gasteiger partial charge in [0.2, 0.25) is 0 Å². The molecule has 0 radical (unpaired) electrons. The van der Waals surface area contributed by atoms with Crippen LogP contribution in [0.2, 0.25) is 5.02 Å².